The van der Waals surface area contributed by atoms with Gasteiger partial charge in [0, 0.05) is 23.1 Å². The Morgan fingerprint density at radius 3 is 2.31 bits per heavy atom. The van der Waals surface area contributed by atoms with Gasteiger partial charge in [-0.15, -0.1) is 0 Å². The molecule has 36 heavy (non-hydrogen) atoms. The Morgan fingerprint density at radius 2 is 1.67 bits per heavy atom. The van der Waals surface area contributed by atoms with E-state index >= 15 is 0 Å². The molecule has 0 saturated carbocycles. The normalized spacial score (nSPS) is 16.5. The number of nitrogens with zero attached hydrogens (tertiary/aromatic N) is 1. The zero-order chi connectivity index (χ0) is 25.9. The topological polar surface area (TPSA) is 75.7 Å². The van der Waals surface area contributed by atoms with Gasteiger partial charge in [-0.3, -0.25) is 9.10 Å². The highest BCUT2D eigenvalue weighted by Crippen LogP contribution is 2.42. The zero-order valence-corrected chi connectivity index (χ0v) is 21.5. The molecular weight excluding hydrogens is 479 g/mol. The van der Waals surface area contributed by atoms with E-state index in [4.69, 9.17) is 4.74 Å². The van der Waals surface area contributed by atoms with Crippen LogP contribution in [0.15, 0.2) is 72.8 Å². The van der Waals surface area contributed by atoms with Gasteiger partial charge in [-0.05, 0) is 49.2 Å². The summed E-state index contributed by atoms with van der Waals surface area (Å²) in [5.74, 6) is 0.0449. The fourth-order valence-corrected chi connectivity index (χ4v) is 5.51. The average Bonchev–Trinajstić information content (AvgIpc) is 2.87. The molecule has 1 N–H and O–H groups in total. The highest BCUT2D eigenvalue weighted by Gasteiger charge is 2.39. The number of ether oxygens (including phenoxy) is 1. The molecule has 0 radical (unpaired) electrons. The molecule has 1 aliphatic heterocycles. The van der Waals surface area contributed by atoms with E-state index in [-0.39, 0.29) is 29.7 Å². The summed E-state index contributed by atoms with van der Waals surface area (Å²) in [6.07, 6.45) is 3.38. The minimum atomic E-state index is -3.69. The van der Waals surface area contributed by atoms with Gasteiger partial charge in [0.1, 0.15) is 17.2 Å². The summed E-state index contributed by atoms with van der Waals surface area (Å²) in [7, 11) is -3.69. The number of fused-ring (bicyclic) bond motifs is 1. The molecule has 1 atom stereocenters. The summed E-state index contributed by atoms with van der Waals surface area (Å²) < 4.78 is 46.6. The fraction of sp³-hybridized carbons (Fsp3) is 0.321. The molecule has 0 bridgehead atoms. The summed E-state index contributed by atoms with van der Waals surface area (Å²) in [5, 5.41) is 3.14. The molecule has 0 fully saturated rings. The predicted molar refractivity (Wildman–Crippen MR) is 139 cm³/mol. The molecular formula is C28H31FN2O4S. The van der Waals surface area contributed by atoms with Gasteiger partial charge in [-0.1, -0.05) is 50.2 Å². The van der Waals surface area contributed by atoms with Gasteiger partial charge >= 0.3 is 0 Å². The van der Waals surface area contributed by atoms with E-state index in [2.05, 4.69) is 19.2 Å². The lowest BCUT2D eigenvalue weighted by Crippen LogP contribution is -2.44. The number of halogens is 1. The molecule has 1 aliphatic rings. The average molecular weight is 511 g/mol. The van der Waals surface area contributed by atoms with Gasteiger partial charge < -0.3 is 10.1 Å². The van der Waals surface area contributed by atoms with E-state index in [0.717, 1.165) is 34.7 Å². The molecule has 0 saturated heterocycles. The van der Waals surface area contributed by atoms with E-state index in [1.807, 2.05) is 24.3 Å². The van der Waals surface area contributed by atoms with Crippen molar-refractivity contribution in [3.05, 3.63) is 95.3 Å². The number of anilines is 1. The molecule has 1 heterocycles. The number of rotatable bonds is 8. The number of hydrogen-bond acceptors (Lipinski definition) is 4. The van der Waals surface area contributed by atoms with Gasteiger partial charge in [0.05, 0.1) is 24.5 Å². The van der Waals surface area contributed by atoms with Crippen LogP contribution in [0.1, 0.15) is 60.6 Å². The van der Waals surface area contributed by atoms with Crippen molar-refractivity contribution in [2.45, 2.75) is 51.3 Å². The molecule has 3 aromatic rings. The lowest BCUT2D eigenvalue weighted by atomic mass is 9.83. The highest BCUT2D eigenvalue weighted by atomic mass is 32.2. The summed E-state index contributed by atoms with van der Waals surface area (Å²) in [4.78, 5) is 13.2. The number of hydrogen-bond donors (Lipinski definition) is 1. The van der Waals surface area contributed by atoms with E-state index < -0.39 is 15.8 Å². The summed E-state index contributed by atoms with van der Waals surface area (Å²) >= 11 is 0. The SMILES string of the molecule is CCC1(CC)C[C@H](NC(=O)c2ccc(N(Cc3ccccc3F)S(C)(=O)=O)cc2)c2ccccc2O1. The van der Waals surface area contributed by atoms with Crippen LogP contribution in [0, 0.1) is 5.82 Å². The molecule has 0 aliphatic carbocycles. The first kappa shape index (κ1) is 25.7. The Bertz CT molecular complexity index is 1340. The van der Waals surface area contributed by atoms with Crippen LogP contribution in [0.2, 0.25) is 0 Å². The van der Waals surface area contributed by atoms with Crippen molar-refractivity contribution in [1.29, 1.82) is 0 Å². The Kier molecular flexibility index (Phi) is 7.36. The number of carbonyl (C=O) groups excluding carboxylic acids is 1. The Balaban J connectivity index is 1.56. The van der Waals surface area contributed by atoms with E-state index in [1.54, 1.807) is 42.5 Å². The molecule has 0 spiro atoms. The molecule has 3 aromatic carbocycles. The van der Waals surface area contributed by atoms with Crippen LogP contribution in [0.25, 0.3) is 0 Å². The number of nitrogens with one attached hydrogen (secondary N) is 1. The highest BCUT2D eigenvalue weighted by molar-refractivity contribution is 7.92. The molecule has 8 heteroatoms. The third-order valence-corrected chi connectivity index (χ3v) is 8.02. The minimum absolute atomic E-state index is 0.147. The van der Waals surface area contributed by atoms with Gasteiger partial charge in [-0.2, -0.15) is 0 Å². The molecule has 4 rings (SSSR count). The fourth-order valence-electron chi connectivity index (χ4n) is 4.63. The van der Waals surface area contributed by atoms with E-state index in [9.17, 15) is 17.6 Å². The van der Waals surface area contributed by atoms with E-state index in [1.165, 1.54) is 6.07 Å². The third-order valence-electron chi connectivity index (χ3n) is 6.88. The van der Waals surface area contributed by atoms with E-state index in [0.29, 0.717) is 17.7 Å². The first-order valence-electron chi connectivity index (χ1n) is 12.1. The Labute approximate surface area is 212 Å². The van der Waals surface area contributed by atoms with Crippen molar-refractivity contribution in [1.82, 2.24) is 5.32 Å². The van der Waals surface area contributed by atoms with Crippen LogP contribution >= 0.6 is 0 Å². The Morgan fingerprint density at radius 1 is 1.03 bits per heavy atom. The molecule has 0 aromatic heterocycles. The maximum atomic E-state index is 14.2. The second kappa shape index (κ2) is 10.3. The monoisotopic (exact) mass is 510 g/mol. The second-order valence-corrected chi connectivity index (χ2v) is 11.1. The zero-order valence-electron chi connectivity index (χ0n) is 20.7. The van der Waals surface area contributed by atoms with Crippen LogP contribution < -0.4 is 14.4 Å². The minimum Gasteiger partial charge on any atom is -0.487 e. The molecule has 6 nitrogen and oxygen atoms in total. The van der Waals surface area contributed by atoms with Crippen LogP contribution in [0.5, 0.6) is 5.75 Å². The summed E-state index contributed by atoms with van der Waals surface area (Å²) in [6.45, 7) is 4.03. The van der Waals surface area contributed by atoms with Crippen molar-refractivity contribution in [3.8, 4) is 5.75 Å². The summed E-state index contributed by atoms with van der Waals surface area (Å²) in [6, 6.07) is 19.9. The largest absolute Gasteiger partial charge is 0.487 e. The number of para-hydroxylation sites is 1. The van der Waals surface area contributed by atoms with Crippen LogP contribution in [0.3, 0.4) is 0 Å². The maximum Gasteiger partial charge on any atom is 0.251 e. The third kappa shape index (κ3) is 5.38. The lowest BCUT2D eigenvalue weighted by molar-refractivity contribution is 0.0227. The van der Waals surface area contributed by atoms with Crippen molar-refractivity contribution < 1.29 is 22.3 Å². The number of amides is 1. The van der Waals surface area contributed by atoms with Crippen LogP contribution in [0.4, 0.5) is 10.1 Å². The molecule has 1 amide bonds. The van der Waals surface area contributed by atoms with Crippen molar-refractivity contribution >= 4 is 21.6 Å². The number of carbonyl (C=O) groups is 1. The lowest BCUT2D eigenvalue weighted by Gasteiger charge is -2.41. The first-order chi connectivity index (χ1) is 17.2. The van der Waals surface area contributed by atoms with Crippen LogP contribution in [-0.2, 0) is 16.6 Å². The summed E-state index contributed by atoms with van der Waals surface area (Å²) in [5.41, 5.74) is 1.61. The Hall–Kier alpha value is -3.39. The number of benzene rings is 3. The van der Waals surface area contributed by atoms with Crippen molar-refractivity contribution in [2.75, 3.05) is 10.6 Å². The van der Waals surface area contributed by atoms with Gasteiger partial charge in [0.15, 0.2) is 0 Å². The quantitative estimate of drug-likeness (QED) is 0.428. The van der Waals surface area contributed by atoms with Gasteiger partial charge in [0.2, 0.25) is 10.0 Å². The molecule has 190 valence electrons. The van der Waals surface area contributed by atoms with Crippen molar-refractivity contribution in [2.24, 2.45) is 0 Å². The van der Waals surface area contributed by atoms with Crippen LogP contribution in [-0.4, -0.2) is 26.2 Å². The first-order valence-corrected chi connectivity index (χ1v) is 13.9. The standard InChI is InChI=1S/C28H31FN2O4S/c1-4-28(5-2)18-25(23-11-7-9-13-26(23)35-28)30-27(32)20-14-16-22(17-15-20)31(36(3,33)34)19-21-10-6-8-12-24(21)29/h6-17,25H,4-5,18-19H2,1-3H3,(H,30,32)/t25-/m0/s1. The molecule has 0 unspecified atom stereocenters. The predicted octanol–water partition coefficient (Wildman–Crippen LogP) is 5.60. The van der Waals surface area contributed by atoms with Gasteiger partial charge in [0.25, 0.3) is 5.91 Å². The maximum absolute atomic E-state index is 14.2. The van der Waals surface area contributed by atoms with Crippen molar-refractivity contribution in [3.63, 3.8) is 0 Å². The smallest absolute Gasteiger partial charge is 0.251 e. The second-order valence-electron chi connectivity index (χ2n) is 9.17. The number of sulfonamides is 1. The van der Waals surface area contributed by atoms with Gasteiger partial charge in [-0.25, -0.2) is 12.8 Å².